The molecule has 53 heavy (non-hydrogen) atoms. The average Bonchev–Trinajstić information content (AvgIpc) is 3.09. The summed E-state index contributed by atoms with van der Waals surface area (Å²) >= 11 is 0. The van der Waals surface area contributed by atoms with Gasteiger partial charge in [0.1, 0.15) is 30.4 Å². The van der Waals surface area contributed by atoms with E-state index in [-0.39, 0.29) is 36.9 Å². The van der Waals surface area contributed by atoms with Gasteiger partial charge in [0.15, 0.2) is 5.69 Å². The summed E-state index contributed by atoms with van der Waals surface area (Å²) in [4.78, 5) is 90.9. The van der Waals surface area contributed by atoms with E-state index >= 15 is 0 Å². The Morgan fingerprint density at radius 3 is 2.60 bits per heavy atom. The van der Waals surface area contributed by atoms with Crippen molar-refractivity contribution in [1.82, 2.24) is 19.7 Å². The summed E-state index contributed by atoms with van der Waals surface area (Å²) < 4.78 is 63.9. The van der Waals surface area contributed by atoms with Crippen LogP contribution in [-0.4, -0.2) is 106 Å². The maximum absolute atomic E-state index is 14.3. The minimum Gasteiger partial charge on any atom is -0.451 e. The monoisotopic (exact) mass is 773 g/mol. The summed E-state index contributed by atoms with van der Waals surface area (Å²) in [5.41, 5.74) is -1.30. The van der Waals surface area contributed by atoms with E-state index in [1.54, 1.807) is 13.8 Å². The van der Waals surface area contributed by atoms with Crippen LogP contribution in [0.5, 0.6) is 5.75 Å². The number of rotatable bonds is 12. The van der Waals surface area contributed by atoms with Gasteiger partial charge in [-0.05, 0) is 26.8 Å². The molecule has 0 saturated heterocycles. The molecule has 3 atom stereocenters. The average molecular weight is 774 g/mol. The third kappa shape index (κ3) is 10.7. The highest BCUT2D eigenvalue weighted by Crippen LogP contribution is 2.35. The lowest BCUT2D eigenvalue weighted by Gasteiger charge is -2.40. The number of likely N-dealkylation sites (N-methyl/N-ethyl adjacent to an activating group) is 1. The lowest BCUT2D eigenvalue weighted by molar-refractivity contribution is -0.0116. The van der Waals surface area contributed by atoms with E-state index < -0.39 is 99.1 Å². The Balaban J connectivity index is 1.54. The number of carbonyl (C=O) groups excluding carboxylic acids is 4. The number of hydrogen-bond donors (Lipinski definition) is 3. The SMILES string of the molecule is C/C1=N/OCC[C@H](C)N2C[C@H](C1)n1cc(C(=O)NCc3ccc(F)cc3F)c(=O)c(OCOC(=O)OC[C@H](C)N(C)C(=O)OCOP(=O)(O)O)c1C2=O. The molecule has 4 rings (SSSR count). The lowest BCUT2D eigenvalue weighted by Crippen LogP contribution is -2.50. The quantitative estimate of drug-likeness (QED) is 0.160. The third-order valence-electron chi connectivity index (χ3n) is 8.24. The van der Waals surface area contributed by atoms with Crippen LogP contribution in [0.2, 0.25) is 0 Å². The van der Waals surface area contributed by atoms with Gasteiger partial charge in [0.2, 0.25) is 24.8 Å². The number of nitrogens with zero attached hydrogens (tertiary/aromatic N) is 4. The van der Waals surface area contributed by atoms with E-state index in [1.165, 1.54) is 29.6 Å². The summed E-state index contributed by atoms with van der Waals surface area (Å²) in [6.45, 7) is 2.44. The minimum atomic E-state index is -4.88. The summed E-state index contributed by atoms with van der Waals surface area (Å²) in [6.07, 6.45) is -0.567. The zero-order chi connectivity index (χ0) is 39.0. The van der Waals surface area contributed by atoms with Gasteiger partial charge in [-0.25, -0.2) is 27.5 Å². The van der Waals surface area contributed by atoms with Crippen molar-refractivity contribution in [2.75, 3.05) is 40.4 Å². The van der Waals surface area contributed by atoms with Crippen LogP contribution in [0.1, 0.15) is 66.1 Å². The molecule has 0 aliphatic carbocycles. The molecule has 0 fully saturated rings. The Labute approximate surface area is 300 Å². The standard InChI is InChI=1S/C31H38F2N5O14P/c1-17-9-22-12-37(18(2)7-8-51-35-17)29(41)25-27(26(39)23(13-38(22)25)28(40)34-11-20-5-6-21(32)10-24(20)33)48-15-50-31(43)47-14-19(3)36(4)30(42)49-16-52-53(44,45)46/h5-6,10,13,18-19,22H,7-9,11-12,14-16H2,1-4H3,(H,34,40)(H2,44,45,46)/b35-17-/t18-,19-,22-/m0/s1. The number of fused-ring (bicyclic) bond motifs is 4. The van der Waals surface area contributed by atoms with Crippen LogP contribution in [0.25, 0.3) is 0 Å². The molecule has 0 saturated carbocycles. The van der Waals surface area contributed by atoms with Gasteiger partial charge >= 0.3 is 20.1 Å². The molecule has 290 valence electrons. The van der Waals surface area contributed by atoms with Gasteiger partial charge in [-0.3, -0.25) is 14.4 Å². The fraction of sp³-hybridized carbons (Fsp3) is 0.484. The van der Waals surface area contributed by atoms with E-state index in [4.69, 9.17) is 28.8 Å². The van der Waals surface area contributed by atoms with Crippen molar-refractivity contribution in [3.63, 3.8) is 0 Å². The first-order valence-corrected chi connectivity index (χ1v) is 17.5. The largest absolute Gasteiger partial charge is 0.511 e. The molecule has 3 N–H and O–H groups in total. The Bertz CT molecular complexity index is 1850. The number of pyridine rings is 1. The Morgan fingerprint density at radius 1 is 1.17 bits per heavy atom. The third-order valence-corrected chi connectivity index (χ3v) is 8.68. The lowest BCUT2D eigenvalue weighted by atomic mass is 10.0. The second-order valence-electron chi connectivity index (χ2n) is 12.1. The topological polar surface area (TPSA) is 234 Å². The van der Waals surface area contributed by atoms with Crippen molar-refractivity contribution < 1.29 is 70.6 Å². The first kappa shape index (κ1) is 40.7. The van der Waals surface area contributed by atoms with Gasteiger partial charge in [0.25, 0.3) is 11.8 Å². The zero-order valence-electron chi connectivity index (χ0n) is 29.0. The molecule has 1 aromatic carbocycles. The van der Waals surface area contributed by atoms with Crippen LogP contribution in [0, 0.1) is 11.6 Å². The van der Waals surface area contributed by atoms with Crippen LogP contribution in [0.4, 0.5) is 18.4 Å². The van der Waals surface area contributed by atoms with Crippen molar-refractivity contribution in [2.24, 2.45) is 5.16 Å². The molecule has 0 unspecified atom stereocenters. The van der Waals surface area contributed by atoms with Gasteiger partial charge in [0, 0.05) is 56.8 Å². The van der Waals surface area contributed by atoms with Gasteiger partial charge in [-0.2, -0.15) is 0 Å². The first-order chi connectivity index (χ1) is 25.0. The van der Waals surface area contributed by atoms with Crippen LogP contribution < -0.4 is 15.5 Å². The number of carbonyl (C=O) groups is 4. The van der Waals surface area contributed by atoms with Crippen LogP contribution >= 0.6 is 7.82 Å². The molecule has 3 amide bonds. The molecule has 2 bridgehead atoms. The molecule has 0 radical (unpaired) electrons. The molecule has 19 nitrogen and oxygen atoms in total. The van der Waals surface area contributed by atoms with Crippen molar-refractivity contribution >= 4 is 37.6 Å². The van der Waals surface area contributed by atoms with Crippen molar-refractivity contribution in [3.8, 4) is 5.75 Å². The Kier molecular flexibility index (Phi) is 13.5. The fourth-order valence-corrected chi connectivity index (χ4v) is 5.42. The molecule has 1 aromatic heterocycles. The van der Waals surface area contributed by atoms with Gasteiger partial charge < -0.3 is 53.3 Å². The van der Waals surface area contributed by atoms with E-state index in [2.05, 4.69) is 19.7 Å². The number of nitrogens with one attached hydrogen (secondary N) is 1. The molecular formula is C31H38F2N5O14P. The van der Waals surface area contributed by atoms with Crippen LogP contribution in [0.15, 0.2) is 34.3 Å². The van der Waals surface area contributed by atoms with Gasteiger partial charge in [0.05, 0.1) is 17.8 Å². The molecule has 3 heterocycles. The van der Waals surface area contributed by atoms with Crippen LogP contribution in [-0.2, 0) is 34.7 Å². The number of benzene rings is 1. The number of halogens is 2. The summed E-state index contributed by atoms with van der Waals surface area (Å²) in [6, 6.07) is 0.990. The van der Waals surface area contributed by atoms with E-state index in [0.717, 1.165) is 17.0 Å². The molecule has 2 aromatic rings. The summed E-state index contributed by atoms with van der Waals surface area (Å²) in [5.74, 6) is -3.96. The van der Waals surface area contributed by atoms with Gasteiger partial charge in [-0.1, -0.05) is 11.2 Å². The number of aromatic nitrogens is 1. The predicted octanol–water partition coefficient (Wildman–Crippen LogP) is 2.64. The zero-order valence-corrected chi connectivity index (χ0v) is 29.9. The van der Waals surface area contributed by atoms with E-state index in [1.807, 2.05) is 0 Å². The first-order valence-electron chi connectivity index (χ1n) is 16.0. The fourth-order valence-electron chi connectivity index (χ4n) is 5.23. The number of ether oxygens (including phenoxy) is 4. The molecule has 2 aliphatic heterocycles. The van der Waals surface area contributed by atoms with Crippen molar-refractivity contribution in [2.45, 2.75) is 58.3 Å². The van der Waals surface area contributed by atoms with Gasteiger partial charge in [-0.15, -0.1) is 0 Å². The molecule has 2 aliphatic rings. The number of hydrogen-bond acceptors (Lipinski definition) is 13. The normalized spacial score (nSPS) is 18.7. The highest BCUT2D eigenvalue weighted by molar-refractivity contribution is 7.46. The second-order valence-corrected chi connectivity index (χ2v) is 13.3. The molecule has 0 spiro atoms. The van der Waals surface area contributed by atoms with E-state index in [0.29, 0.717) is 18.2 Å². The smallest absolute Gasteiger partial charge is 0.451 e. The minimum absolute atomic E-state index is 0.0634. The Morgan fingerprint density at radius 2 is 1.91 bits per heavy atom. The Hall–Kier alpha value is -5.11. The predicted molar refractivity (Wildman–Crippen MR) is 176 cm³/mol. The van der Waals surface area contributed by atoms with Crippen molar-refractivity contribution in [3.05, 3.63) is 63.1 Å². The second kappa shape index (κ2) is 17.6. The summed E-state index contributed by atoms with van der Waals surface area (Å²) in [7, 11) is -3.63. The van der Waals surface area contributed by atoms with E-state index in [9.17, 15) is 37.3 Å². The molecular weight excluding hydrogens is 735 g/mol. The molecule has 22 heteroatoms. The number of amides is 3. The maximum atomic E-state index is 14.3. The number of phosphoric acid groups is 1. The van der Waals surface area contributed by atoms with Crippen LogP contribution in [0.3, 0.4) is 0 Å². The highest BCUT2D eigenvalue weighted by atomic mass is 31.2. The number of oxime groups is 1. The maximum Gasteiger partial charge on any atom is 0.511 e. The highest BCUT2D eigenvalue weighted by Gasteiger charge is 2.39. The number of phosphoric ester groups is 1. The van der Waals surface area contributed by atoms with Crippen molar-refractivity contribution in [1.29, 1.82) is 0 Å². The summed E-state index contributed by atoms with van der Waals surface area (Å²) in [5, 5.41) is 6.52.